The number of hydrogen-bond acceptors (Lipinski definition) is 26. The number of Topliss-reactive ketones (excluding diaryl/α,β-unsaturated/α-hetero) is 6. The van der Waals surface area contributed by atoms with Crippen molar-refractivity contribution >= 4 is 105 Å². The molecule has 0 spiro atoms. The van der Waals surface area contributed by atoms with Crippen molar-refractivity contribution in [1.29, 1.82) is 0 Å². The summed E-state index contributed by atoms with van der Waals surface area (Å²) in [5.41, 5.74) is 11.6. The number of hydrogen-bond donors (Lipinski definition) is 17. The number of likely N-dealkylation sites (N-methyl/N-ethyl adjacent to an activating group) is 3. The molecule has 108 heavy (non-hydrogen) atoms. The van der Waals surface area contributed by atoms with Crippen molar-refractivity contribution < 1.29 is 114 Å². The maximum atomic E-state index is 13.9. The van der Waals surface area contributed by atoms with Crippen LogP contribution in [0.1, 0.15) is 63.8 Å². The van der Waals surface area contributed by atoms with Crippen LogP contribution in [0, 0.1) is 52.9 Å². The molecule has 3 amide bonds. The molecule has 0 aromatic heterocycles. The number of carbonyl (C=O) groups is 9. The van der Waals surface area contributed by atoms with Crippen molar-refractivity contribution in [3.63, 3.8) is 0 Å². The second-order valence-electron chi connectivity index (χ2n) is 29.3. The lowest BCUT2D eigenvalue weighted by atomic mass is 9.57. The van der Waals surface area contributed by atoms with Crippen molar-refractivity contribution in [2.45, 2.75) is 87.3 Å². The molecule has 0 saturated heterocycles. The Bertz CT molecular complexity index is 4980. The van der Waals surface area contributed by atoms with Gasteiger partial charge in [-0.3, -0.25) is 57.9 Å². The van der Waals surface area contributed by atoms with E-state index in [9.17, 15) is 104 Å². The second-order valence-corrected chi connectivity index (χ2v) is 30.4. The zero-order valence-corrected chi connectivity index (χ0v) is 61.7. The standard InChI is InChI=1S/C28H28N2O7.C21H21IN2O7.C21H22N2O7.C7H9BO2/c1-12-4-6-13(7-5-12)15-8-9-18(31)20-16(15)10-14-11-17-22(30(2)3)24(33)21(27(29)36)26(35)28(17,37)25(34)19(14)23(20)32;1-24(2)15-9-6-7-5-8-10(22)3-4-11(25)13(8)16(26)12(7)18(28)21(9,31)19(29)14(17(15)27)20(23)30;1-23(2)15-10-7-9-6-8-4-3-5-11(24)12(8)16(25)13(9)18(27)21(10,30)19(28)14(17(15)26)20(22)29;1-6-2-4-7(5-3-6)8(9)10/h4-9,14,17,22,31-32,35,37H,10-11H2,1-3H3,(H2,29,36);3-4,7,9,15,25-26,29,31H,5-6H2,1-2H3,(H2,23,30);3-5,9-10,15,24-25,28,30H,6-7H2,1-2H3,(H2,22,29);2-5,9-10H,1H3/t14?,17?,22-,28-;7?,9?,15-,21-;9?,10?,15-,21-;/m000./s1. The summed E-state index contributed by atoms with van der Waals surface area (Å²) in [6.07, 6.45) is 1.05. The number of aromatic hydroxyl groups is 3. The summed E-state index contributed by atoms with van der Waals surface area (Å²) in [6, 6.07) is 22.5. The average Bonchev–Trinajstić information content (AvgIpc) is 0.711. The fourth-order valence-electron chi connectivity index (χ4n) is 17.4. The smallest absolute Gasteiger partial charge is 0.488 e. The van der Waals surface area contributed by atoms with Gasteiger partial charge >= 0.3 is 7.12 Å². The Morgan fingerprint density at radius 1 is 0.444 bits per heavy atom. The van der Waals surface area contributed by atoms with Gasteiger partial charge in [-0.15, -0.1) is 0 Å². The van der Waals surface area contributed by atoms with E-state index in [1.54, 1.807) is 78.7 Å². The fourth-order valence-corrected chi connectivity index (χ4v) is 18.0. The molecule has 0 bridgehead atoms. The predicted octanol–water partition coefficient (Wildman–Crippen LogP) is 2.15. The summed E-state index contributed by atoms with van der Waals surface area (Å²) in [7, 11) is 8.04. The summed E-state index contributed by atoms with van der Waals surface area (Å²) in [4.78, 5) is 120. The maximum absolute atomic E-state index is 13.9. The van der Waals surface area contributed by atoms with E-state index < -0.39 is 181 Å². The zero-order chi connectivity index (χ0) is 79.6. The number of carbonyl (C=O) groups excluding carboxylic acids is 9. The van der Waals surface area contributed by atoms with Crippen LogP contribution < -0.4 is 22.7 Å². The molecule has 6 unspecified atom stereocenters. The lowest BCUT2D eigenvalue weighted by molar-refractivity contribution is -0.155. The number of fused-ring (bicyclic) bond motifs is 9. The van der Waals surface area contributed by atoms with Crippen LogP contribution in [0.4, 0.5) is 0 Å². The highest BCUT2D eigenvalue weighted by Crippen LogP contribution is 2.57. The van der Waals surface area contributed by atoms with Gasteiger partial charge in [0.1, 0.15) is 68.5 Å². The van der Waals surface area contributed by atoms with Crippen molar-refractivity contribution in [2.24, 2.45) is 52.7 Å². The highest BCUT2D eigenvalue weighted by Gasteiger charge is 2.68. The van der Waals surface area contributed by atoms with Gasteiger partial charge in [0.05, 0.1) is 34.8 Å². The van der Waals surface area contributed by atoms with Crippen LogP contribution in [0.2, 0.25) is 0 Å². The first kappa shape index (κ1) is 78.7. The normalized spacial score (nSPS) is 27.5. The third-order valence-electron chi connectivity index (χ3n) is 22.3. The van der Waals surface area contributed by atoms with E-state index in [1.165, 1.54) is 32.9 Å². The third-order valence-corrected chi connectivity index (χ3v) is 23.4. The summed E-state index contributed by atoms with van der Waals surface area (Å²) in [5.74, 6) is -19.5. The molecule has 9 aliphatic rings. The molecule has 566 valence electrons. The lowest BCUT2D eigenvalue weighted by Gasteiger charge is -2.50. The van der Waals surface area contributed by atoms with Crippen molar-refractivity contribution in [3.8, 4) is 28.4 Å². The number of ketones is 6. The quantitative estimate of drug-likeness (QED) is 0.0601. The topological polar surface area (TPSA) is 525 Å². The molecule has 20 N–H and O–H groups in total. The number of phenolic OH excluding ortho intramolecular Hbond substituents is 3. The van der Waals surface area contributed by atoms with E-state index in [0.29, 0.717) is 35.0 Å². The maximum Gasteiger partial charge on any atom is 0.488 e. The highest BCUT2D eigenvalue weighted by atomic mass is 127. The van der Waals surface area contributed by atoms with Gasteiger partial charge in [-0.2, -0.15) is 0 Å². The number of nitrogens with two attached hydrogens (primary N) is 3. The molecule has 0 heterocycles. The second kappa shape index (κ2) is 28.7. The number of nitrogens with zero attached hydrogens (tertiary/aromatic N) is 3. The molecule has 9 aliphatic carbocycles. The minimum absolute atomic E-state index is 0.0504. The molecule has 14 rings (SSSR count). The van der Waals surface area contributed by atoms with Crippen LogP contribution >= 0.6 is 22.6 Å². The molecule has 5 aromatic rings. The first-order valence-electron chi connectivity index (χ1n) is 34.1. The summed E-state index contributed by atoms with van der Waals surface area (Å²) >= 11 is 2.07. The number of halogens is 1. The Morgan fingerprint density at radius 2 is 0.778 bits per heavy atom. The van der Waals surface area contributed by atoms with Crippen LogP contribution in [-0.4, -0.2) is 223 Å². The Morgan fingerprint density at radius 3 is 1.15 bits per heavy atom. The van der Waals surface area contributed by atoms with E-state index in [-0.39, 0.29) is 76.3 Å². The molecule has 29 nitrogen and oxygen atoms in total. The number of aryl methyl sites for hydroxylation is 2. The summed E-state index contributed by atoms with van der Waals surface area (Å²) < 4.78 is 0.784. The van der Waals surface area contributed by atoms with Crippen molar-refractivity contribution in [2.75, 3.05) is 42.3 Å². The minimum Gasteiger partial charge on any atom is -0.508 e. The Labute approximate surface area is 631 Å². The number of primary amides is 3. The summed E-state index contributed by atoms with van der Waals surface area (Å²) in [5, 5.41) is 148. The van der Waals surface area contributed by atoms with Gasteiger partial charge in [0.25, 0.3) is 17.7 Å². The zero-order valence-electron chi connectivity index (χ0n) is 59.6. The first-order valence-corrected chi connectivity index (χ1v) is 35.2. The van der Waals surface area contributed by atoms with Gasteiger partial charge < -0.3 is 88.5 Å². The Kier molecular flexibility index (Phi) is 20.9. The van der Waals surface area contributed by atoms with Crippen LogP contribution in [0.15, 0.2) is 142 Å². The van der Waals surface area contributed by atoms with Gasteiger partial charge in [-0.05, 0) is 193 Å². The number of rotatable bonds is 8. The van der Waals surface area contributed by atoms with Crippen LogP contribution in [0.25, 0.3) is 28.4 Å². The minimum atomic E-state index is -2.64. The van der Waals surface area contributed by atoms with Gasteiger partial charge in [0.15, 0.2) is 34.2 Å². The number of phenols is 3. The molecule has 5 aromatic carbocycles. The summed E-state index contributed by atoms with van der Waals surface area (Å²) in [6.45, 7) is 3.92. The fraction of sp³-hybridized carbons (Fsp3) is 0.338. The van der Waals surface area contributed by atoms with E-state index >= 15 is 0 Å². The molecular formula is C77H80BIN6O23. The molecule has 31 heteroatoms. The van der Waals surface area contributed by atoms with Crippen LogP contribution in [0.3, 0.4) is 0 Å². The van der Waals surface area contributed by atoms with Crippen molar-refractivity contribution in [1.82, 2.24) is 14.7 Å². The lowest BCUT2D eigenvalue weighted by Crippen LogP contribution is -2.65. The van der Waals surface area contributed by atoms with Crippen LogP contribution in [0.5, 0.6) is 17.2 Å². The number of aliphatic hydroxyl groups excluding tert-OH is 6. The molecule has 0 radical (unpaired) electrons. The Hall–Kier alpha value is -10.4. The highest BCUT2D eigenvalue weighted by molar-refractivity contribution is 14.1. The molecule has 3 fully saturated rings. The molecule has 12 atom stereocenters. The van der Waals surface area contributed by atoms with E-state index in [4.69, 9.17) is 27.2 Å². The Balaban J connectivity index is 0.000000152. The van der Waals surface area contributed by atoms with Gasteiger partial charge in [0, 0.05) is 38.0 Å². The van der Waals surface area contributed by atoms with Gasteiger partial charge in [-0.25, -0.2) is 0 Å². The SMILES string of the molecule is CN(C)[C@@H]1C(=O)C(C(N)=O)=C(O)[C@@]2(O)C(=O)C3=C(O)c4c(O)ccc(I)c4CC3CC12.CN(C)[C@@H]1C(=O)C(C(N)=O)=C(O)[C@@]2(O)C(=O)C3=C(O)c4c(O)cccc4CC3CC12.Cc1ccc(-c2ccc(O)c3c2CC2CC4[C@H](N(C)C)C(=O)C(C(N)=O)=C(O)[C@@]4(O)C(=O)C2=C3O)cc1.Cc1ccc(B(O)O)cc1. The van der Waals surface area contributed by atoms with E-state index in [2.05, 4.69) is 22.6 Å². The molecule has 3 saturated carbocycles. The number of benzene rings is 5. The number of aliphatic hydroxyl groups is 9. The van der Waals surface area contributed by atoms with Gasteiger partial charge in [0.2, 0.25) is 17.3 Å². The largest absolute Gasteiger partial charge is 0.508 e. The average molecular weight is 1600 g/mol. The van der Waals surface area contributed by atoms with Gasteiger partial charge in [-0.1, -0.05) is 77.9 Å². The van der Waals surface area contributed by atoms with Crippen LogP contribution in [-0.2, 0) is 62.4 Å². The monoisotopic (exact) mass is 1590 g/mol. The van der Waals surface area contributed by atoms with E-state index in [1.807, 2.05) is 50.2 Å². The predicted molar refractivity (Wildman–Crippen MR) is 397 cm³/mol. The third kappa shape index (κ3) is 12.3. The number of amides is 3. The van der Waals surface area contributed by atoms with Crippen molar-refractivity contribution in [3.05, 3.63) is 190 Å². The van der Waals surface area contributed by atoms with E-state index in [0.717, 1.165) is 25.8 Å². The molecule has 0 aliphatic heterocycles. The molecular weight excluding hydrogens is 1510 g/mol. The first-order chi connectivity index (χ1) is 50.5.